The molecule has 3 heterocycles. The lowest BCUT2D eigenvalue weighted by Crippen LogP contribution is -2.27. The number of likely N-dealkylation sites (tertiary alicyclic amines) is 1. The van der Waals surface area contributed by atoms with Gasteiger partial charge in [-0.05, 0) is 39.2 Å². The fraction of sp³-hybridized carbons (Fsp3) is 0.625. The van der Waals surface area contributed by atoms with Gasteiger partial charge in [0.05, 0.1) is 11.7 Å². The summed E-state index contributed by atoms with van der Waals surface area (Å²) in [6.07, 6.45) is 5.01. The minimum atomic E-state index is -0.00658. The molecule has 2 aromatic heterocycles. The molecule has 8 heteroatoms. The van der Waals surface area contributed by atoms with Gasteiger partial charge < -0.3 is 9.84 Å². The number of aryl methyl sites for hydroxylation is 1. The van der Waals surface area contributed by atoms with Crippen LogP contribution < -0.4 is 5.32 Å². The van der Waals surface area contributed by atoms with Gasteiger partial charge in [0.2, 0.25) is 11.0 Å². The SMILES string of the molecule is Cc1cc(C2CCCN2CCC(=O)Nc2nnc(C3CC3)s2)on1. The summed E-state index contributed by atoms with van der Waals surface area (Å²) in [6, 6.07) is 2.23. The number of anilines is 1. The lowest BCUT2D eigenvalue weighted by molar-refractivity contribution is -0.116. The van der Waals surface area contributed by atoms with Gasteiger partial charge >= 0.3 is 0 Å². The summed E-state index contributed by atoms with van der Waals surface area (Å²) in [4.78, 5) is 14.5. The fourth-order valence-electron chi connectivity index (χ4n) is 3.16. The van der Waals surface area contributed by atoms with Gasteiger partial charge in [-0.15, -0.1) is 10.2 Å². The van der Waals surface area contributed by atoms with Crippen molar-refractivity contribution in [2.24, 2.45) is 0 Å². The molecule has 1 saturated carbocycles. The third-order valence-corrected chi connectivity index (χ3v) is 5.58. The van der Waals surface area contributed by atoms with Crippen molar-refractivity contribution in [2.45, 2.75) is 51.0 Å². The maximum absolute atomic E-state index is 12.2. The van der Waals surface area contributed by atoms with Crippen molar-refractivity contribution in [1.29, 1.82) is 0 Å². The standard InChI is InChI=1S/C16H21N5O2S/c1-10-9-13(23-20-10)12-3-2-7-21(12)8-6-14(22)17-16-19-18-15(24-16)11-4-5-11/h9,11-12H,2-8H2,1H3,(H,17,19,22). The van der Waals surface area contributed by atoms with Gasteiger partial charge in [-0.3, -0.25) is 9.69 Å². The predicted octanol–water partition coefficient (Wildman–Crippen LogP) is 2.88. The van der Waals surface area contributed by atoms with Crippen LogP contribution in [0.3, 0.4) is 0 Å². The number of hydrogen-bond acceptors (Lipinski definition) is 7. The van der Waals surface area contributed by atoms with E-state index in [2.05, 4.69) is 25.6 Å². The van der Waals surface area contributed by atoms with Crippen molar-refractivity contribution < 1.29 is 9.32 Å². The van der Waals surface area contributed by atoms with Crippen molar-refractivity contribution in [1.82, 2.24) is 20.3 Å². The van der Waals surface area contributed by atoms with E-state index in [4.69, 9.17) is 4.52 Å². The third-order valence-electron chi connectivity index (χ3n) is 4.58. The van der Waals surface area contributed by atoms with E-state index in [1.807, 2.05) is 13.0 Å². The van der Waals surface area contributed by atoms with E-state index in [9.17, 15) is 4.79 Å². The molecular formula is C16H21N5O2S. The molecular weight excluding hydrogens is 326 g/mol. The molecule has 7 nitrogen and oxygen atoms in total. The number of rotatable bonds is 6. The number of hydrogen-bond donors (Lipinski definition) is 1. The molecule has 1 aliphatic heterocycles. The molecule has 1 N–H and O–H groups in total. The molecule has 24 heavy (non-hydrogen) atoms. The Morgan fingerprint density at radius 2 is 2.29 bits per heavy atom. The third kappa shape index (κ3) is 3.49. The van der Waals surface area contributed by atoms with Crippen LogP contribution >= 0.6 is 11.3 Å². The Morgan fingerprint density at radius 3 is 3.04 bits per heavy atom. The Hall–Kier alpha value is -1.80. The van der Waals surface area contributed by atoms with Crippen LogP contribution in [0.1, 0.15) is 60.5 Å². The number of amides is 1. The van der Waals surface area contributed by atoms with E-state index in [0.29, 0.717) is 24.0 Å². The molecule has 0 spiro atoms. The Morgan fingerprint density at radius 1 is 1.42 bits per heavy atom. The highest BCUT2D eigenvalue weighted by Gasteiger charge is 2.30. The Bertz CT molecular complexity index is 724. The summed E-state index contributed by atoms with van der Waals surface area (Å²) in [6.45, 7) is 3.63. The van der Waals surface area contributed by atoms with E-state index in [-0.39, 0.29) is 11.9 Å². The van der Waals surface area contributed by atoms with Gasteiger partial charge in [-0.1, -0.05) is 16.5 Å². The van der Waals surface area contributed by atoms with Gasteiger partial charge in [-0.2, -0.15) is 0 Å². The molecule has 2 aliphatic rings. The molecule has 1 atom stereocenters. The minimum Gasteiger partial charge on any atom is -0.359 e. The smallest absolute Gasteiger partial charge is 0.227 e. The molecule has 0 radical (unpaired) electrons. The summed E-state index contributed by atoms with van der Waals surface area (Å²) in [5, 5.41) is 16.7. The molecule has 4 rings (SSSR count). The van der Waals surface area contributed by atoms with Crippen molar-refractivity contribution in [3.05, 3.63) is 22.5 Å². The number of aromatic nitrogens is 3. The lowest BCUT2D eigenvalue weighted by atomic mass is 10.1. The molecule has 1 aliphatic carbocycles. The second kappa shape index (κ2) is 6.60. The number of carbonyl (C=O) groups is 1. The first-order valence-corrected chi connectivity index (χ1v) is 9.31. The van der Waals surface area contributed by atoms with Gasteiger partial charge in [0.1, 0.15) is 5.01 Å². The second-order valence-corrected chi connectivity index (χ2v) is 7.59. The summed E-state index contributed by atoms with van der Waals surface area (Å²) in [5.41, 5.74) is 0.900. The Labute approximate surface area is 144 Å². The van der Waals surface area contributed by atoms with Crippen LogP contribution in [0.5, 0.6) is 0 Å². The number of nitrogens with zero attached hydrogens (tertiary/aromatic N) is 4. The van der Waals surface area contributed by atoms with E-state index in [1.165, 1.54) is 24.2 Å². The first-order valence-electron chi connectivity index (χ1n) is 8.49. The van der Waals surface area contributed by atoms with Crippen LogP contribution in [0.4, 0.5) is 5.13 Å². The predicted molar refractivity (Wildman–Crippen MR) is 89.9 cm³/mol. The highest BCUT2D eigenvalue weighted by atomic mass is 32.1. The molecule has 0 aromatic carbocycles. The zero-order chi connectivity index (χ0) is 16.5. The monoisotopic (exact) mass is 347 g/mol. The summed E-state index contributed by atoms with van der Waals surface area (Å²) in [5.74, 6) is 1.47. The molecule has 2 fully saturated rings. The van der Waals surface area contributed by atoms with Crippen LogP contribution in [0.2, 0.25) is 0 Å². The first kappa shape index (κ1) is 15.7. The molecule has 1 unspecified atom stereocenters. The lowest BCUT2D eigenvalue weighted by Gasteiger charge is -2.21. The van der Waals surface area contributed by atoms with E-state index < -0.39 is 0 Å². The highest BCUT2D eigenvalue weighted by molar-refractivity contribution is 7.15. The zero-order valence-electron chi connectivity index (χ0n) is 13.7. The summed E-state index contributed by atoms with van der Waals surface area (Å²) >= 11 is 1.50. The molecule has 1 saturated heterocycles. The molecule has 0 bridgehead atoms. The van der Waals surface area contributed by atoms with Crippen LogP contribution in [0, 0.1) is 6.92 Å². The molecule has 128 valence electrons. The maximum atomic E-state index is 12.2. The Balaban J connectivity index is 1.29. The summed E-state index contributed by atoms with van der Waals surface area (Å²) < 4.78 is 5.40. The van der Waals surface area contributed by atoms with E-state index >= 15 is 0 Å². The van der Waals surface area contributed by atoms with Crippen LogP contribution in [-0.2, 0) is 4.79 Å². The average molecular weight is 347 g/mol. The number of nitrogens with one attached hydrogen (secondary N) is 1. The van der Waals surface area contributed by atoms with Gasteiger partial charge in [0, 0.05) is 24.9 Å². The maximum Gasteiger partial charge on any atom is 0.227 e. The van der Waals surface area contributed by atoms with Crippen molar-refractivity contribution in [3.63, 3.8) is 0 Å². The number of carbonyl (C=O) groups excluding carboxylic acids is 1. The van der Waals surface area contributed by atoms with Gasteiger partial charge in [-0.25, -0.2) is 0 Å². The van der Waals surface area contributed by atoms with Crippen LogP contribution in [-0.4, -0.2) is 39.3 Å². The van der Waals surface area contributed by atoms with Crippen molar-refractivity contribution in [3.8, 4) is 0 Å². The van der Waals surface area contributed by atoms with E-state index in [1.54, 1.807) is 0 Å². The second-order valence-electron chi connectivity index (χ2n) is 6.58. The Kier molecular flexibility index (Phi) is 4.32. The highest BCUT2D eigenvalue weighted by Crippen LogP contribution is 2.42. The van der Waals surface area contributed by atoms with Crippen molar-refractivity contribution >= 4 is 22.4 Å². The largest absolute Gasteiger partial charge is 0.359 e. The van der Waals surface area contributed by atoms with Gasteiger partial charge in [0.15, 0.2) is 5.76 Å². The molecule has 1 amide bonds. The normalized spacial score (nSPS) is 21.3. The van der Waals surface area contributed by atoms with Crippen LogP contribution in [0.25, 0.3) is 0 Å². The topological polar surface area (TPSA) is 84.2 Å². The quantitative estimate of drug-likeness (QED) is 0.865. The van der Waals surface area contributed by atoms with Gasteiger partial charge in [0.25, 0.3) is 0 Å². The first-order chi connectivity index (χ1) is 11.7. The van der Waals surface area contributed by atoms with Crippen molar-refractivity contribution in [2.75, 3.05) is 18.4 Å². The van der Waals surface area contributed by atoms with Crippen LogP contribution in [0.15, 0.2) is 10.6 Å². The summed E-state index contributed by atoms with van der Waals surface area (Å²) in [7, 11) is 0. The average Bonchev–Trinajstić information content (AvgIpc) is 2.97. The van der Waals surface area contributed by atoms with E-state index in [0.717, 1.165) is 35.8 Å². The fourth-order valence-corrected chi connectivity index (χ4v) is 4.09. The zero-order valence-corrected chi connectivity index (χ0v) is 14.5. The minimum absolute atomic E-state index is 0.00658. The molecule has 2 aromatic rings.